The summed E-state index contributed by atoms with van der Waals surface area (Å²) in [5, 5.41) is 0. The molecule has 1 rings (SSSR count). The Morgan fingerprint density at radius 1 is 0.875 bits per heavy atom. The molecule has 0 aromatic heterocycles. The maximum atomic E-state index is 13.2. The summed E-state index contributed by atoms with van der Waals surface area (Å²) in [6, 6.07) is 3.59. The van der Waals surface area contributed by atoms with Crippen molar-refractivity contribution in [3.8, 4) is 17.2 Å². The number of ether oxygens (including phenoxy) is 5. The first-order valence-corrected chi connectivity index (χ1v) is 10.6. The first kappa shape index (κ1) is 27.1. The van der Waals surface area contributed by atoms with Crippen LogP contribution in [0.1, 0.15) is 39.7 Å². The lowest BCUT2D eigenvalue weighted by Crippen LogP contribution is -2.47. The number of rotatable bonds is 13. The smallest absolute Gasteiger partial charge is 0.321 e. The molecule has 0 heterocycles. The lowest BCUT2D eigenvalue weighted by atomic mass is 9.91. The monoisotopic (exact) mass is 453 g/mol. The molecule has 0 N–H and O–H groups in total. The minimum absolute atomic E-state index is 0.0216. The van der Waals surface area contributed by atoms with E-state index < -0.39 is 23.3 Å². The number of methoxy groups -OCH3 is 3. The van der Waals surface area contributed by atoms with Gasteiger partial charge in [0.25, 0.3) is 0 Å². The van der Waals surface area contributed by atoms with Crippen LogP contribution in [0, 0.1) is 5.41 Å². The molecule has 0 spiro atoms. The highest BCUT2D eigenvalue weighted by Gasteiger charge is 2.40. The summed E-state index contributed by atoms with van der Waals surface area (Å²) in [5.74, 6) is 0.0206. The average Bonchev–Trinajstić information content (AvgIpc) is 2.78. The molecular formula is C23H35NO8. The van der Waals surface area contributed by atoms with E-state index in [1.807, 2.05) is 0 Å². The molecule has 1 amide bonds. The Morgan fingerprint density at radius 3 is 1.91 bits per heavy atom. The van der Waals surface area contributed by atoms with Gasteiger partial charge in [-0.1, -0.05) is 0 Å². The van der Waals surface area contributed by atoms with Crippen LogP contribution in [0.25, 0.3) is 0 Å². The molecule has 32 heavy (non-hydrogen) atoms. The van der Waals surface area contributed by atoms with E-state index in [0.29, 0.717) is 23.7 Å². The third kappa shape index (κ3) is 7.03. The summed E-state index contributed by atoms with van der Waals surface area (Å²) >= 11 is 0. The fourth-order valence-corrected chi connectivity index (χ4v) is 3.11. The first-order valence-electron chi connectivity index (χ1n) is 10.6. The van der Waals surface area contributed by atoms with Gasteiger partial charge in [-0.05, 0) is 51.8 Å². The van der Waals surface area contributed by atoms with Gasteiger partial charge in [-0.3, -0.25) is 14.4 Å². The minimum Gasteiger partial charge on any atom is -0.493 e. The van der Waals surface area contributed by atoms with Crippen molar-refractivity contribution in [1.82, 2.24) is 4.90 Å². The van der Waals surface area contributed by atoms with Crippen LogP contribution in [-0.4, -0.2) is 70.4 Å². The van der Waals surface area contributed by atoms with E-state index in [0.717, 1.165) is 5.56 Å². The van der Waals surface area contributed by atoms with Gasteiger partial charge >= 0.3 is 11.9 Å². The molecule has 0 bridgehead atoms. The number of hydrogen-bond acceptors (Lipinski definition) is 8. The van der Waals surface area contributed by atoms with Crippen LogP contribution in [0.3, 0.4) is 0 Å². The molecule has 9 heteroatoms. The second kappa shape index (κ2) is 12.8. The number of nitrogens with zero attached hydrogens (tertiary/aromatic N) is 1. The summed E-state index contributed by atoms with van der Waals surface area (Å²) < 4.78 is 26.2. The van der Waals surface area contributed by atoms with Crippen molar-refractivity contribution in [3.63, 3.8) is 0 Å². The molecule has 0 atom stereocenters. The Hall–Kier alpha value is -2.97. The number of benzene rings is 1. The lowest BCUT2D eigenvalue weighted by molar-refractivity contribution is -0.162. The molecule has 0 fully saturated rings. The van der Waals surface area contributed by atoms with Gasteiger partial charge in [0.15, 0.2) is 11.5 Å². The number of carbonyl (C=O) groups is 3. The van der Waals surface area contributed by atoms with Crippen LogP contribution < -0.4 is 14.2 Å². The summed E-state index contributed by atoms with van der Waals surface area (Å²) in [6.07, 6.45) is 0.456. The summed E-state index contributed by atoms with van der Waals surface area (Å²) in [6.45, 7) is 7.24. The quantitative estimate of drug-likeness (QED) is 0.332. The van der Waals surface area contributed by atoms with Crippen molar-refractivity contribution in [3.05, 3.63) is 17.7 Å². The molecule has 0 aliphatic carbocycles. The number of esters is 2. The van der Waals surface area contributed by atoms with E-state index in [1.54, 1.807) is 26.0 Å². The van der Waals surface area contributed by atoms with Crippen molar-refractivity contribution in [2.45, 2.75) is 40.5 Å². The average molecular weight is 454 g/mol. The maximum absolute atomic E-state index is 13.2. The second-order valence-electron chi connectivity index (χ2n) is 7.48. The van der Waals surface area contributed by atoms with Crippen molar-refractivity contribution in [1.29, 1.82) is 0 Å². The van der Waals surface area contributed by atoms with E-state index in [1.165, 1.54) is 40.1 Å². The molecule has 0 aliphatic heterocycles. The largest absolute Gasteiger partial charge is 0.493 e. The molecule has 1 aromatic carbocycles. The van der Waals surface area contributed by atoms with Gasteiger partial charge in [0.1, 0.15) is 5.41 Å². The molecule has 0 unspecified atom stereocenters. The topological polar surface area (TPSA) is 101 Å². The molecule has 0 radical (unpaired) electrons. The van der Waals surface area contributed by atoms with Crippen LogP contribution in [0.2, 0.25) is 0 Å². The molecule has 0 saturated heterocycles. The fraction of sp³-hybridized carbons (Fsp3) is 0.609. The zero-order chi connectivity index (χ0) is 24.3. The van der Waals surface area contributed by atoms with Crippen molar-refractivity contribution >= 4 is 17.8 Å². The zero-order valence-electron chi connectivity index (χ0n) is 20.1. The van der Waals surface area contributed by atoms with Crippen LogP contribution in [0.5, 0.6) is 17.2 Å². The zero-order valence-corrected chi connectivity index (χ0v) is 20.1. The number of carbonyl (C=O) groups excluding carboxylic acids is 3. The van der Waals surface area contributed by atoms with E-state index in [9.17, 15) is 14.4 Å². The normalized spacial score (nSPS) is 10.8. The Morgan fingerprint density at radius 2 is 1.44 bits per heavy atom. The van der Waals surface area contributed by atoms with Gasteiger partial charge in [0.05, 0.1) is 41.0 Å². The Balaban J connectivity index is 3.12. The molecule has 9 nitrogen and oxygen atoms in total. The van der Waals surface area contributed by atoms with Crippen molar-refractivity contribution in [2.75, 3.05) is 47.6 Å². The van der Waals surface area contributed by atoms with Crippen LogP contribution in [0.4, 0.5) is 0 Å². The van der Waals surface area contributed by atoms with Gasteiger partial charge in [0, 0.05) is 13.1 Å². The highest BCUT2D eigenvalue weighted by atomic mass is 16.5. The van der Waals surface area contributed by atoms with Crippen LogP contribution >= 0.6 is 0 Å². The molecule has 0 saturated carbocycles. The summed E-state index contributed by atoms with van der Waals surface area (Å²) in [7, 11) is 4.57. The molecular weight excluding hydrogens is 418 g/mol. The van der Waals surface area contributed by atoms with Gasteiger partial charge < -0.3 is 28.6 Å². The third-order valence-corrected chi connectivity index (χ3v) is 4.89. The van der Waals surface area contributed by atoms with Gasteiger partial charge in [-0.25, -0.2) is 0 Å². The summed E-state index contributed by atoms with van der Waals surface area (Å²) in [5.41, 5.74) is -0.553. The van der Waals surface area contributed by atoms with Gasteiger partial charge in [-0.2, -0.15) is 0 Å². The van der Waals surface area contributed by atoms with Crippen molar-refractivity contribution < 1.29 is 38.1 Å². The predicted octanol–water partition coefficient (Wildman–Crippen LogP) is 2.63. The Labute approximate surface area is 189 Å². The number of amides is 1. The fourth-order valence-electron chi connectivity index (χ4n) is 3.11. The van der Waals surface area contributed by atoms with E-state index in [-0.39, 0.29) is 32.7 Å². The highest BCUT2D eigenvalue weighted by Crippen LogP contribution is 2.38. The maximum Gasteiger partial charge on any atom is 0.321 e. The van der Waals surface area contributed by atoms with E-state index in [2.05, 4.69) is 0 Å². The Bertz CT molecular complexity index is 765. The van der Waals surface area contributed by atoms with Gasteiger partial charge in [0.2, 0.25) is 11.7 Å². The summed E-state index contributed by atoms with van der Waals surface area (Å²) in [4.78, 5) is 38.9. The first-order chi connectivity index (χ1) is 15.2. The van der Waals surface area contributed by atoms with E-state index in [4.69, 9.17) is 23.7 Å². The van der Waals surface area contributed by atoms with Crippen molar-refractivity contribution in [2.24, 2.45) is 5.41 Å². The second-order valence-corrected chi connectivity index (χ2v) is 7.48. The highest BCUT2D eigenvalue weighted by molar-refractivity contribution is 6.01. The molecule has 1 aromatic rings. The van der Waals surface area contributed by atoms with E-state index >= 15 is 0 Å². The SMILES string of the molecule is CCOC(=O)CCN(CCc1cc(OC)c(OC)c(OC)c1)C(=O)C(C)(C)C(=O)OCC. The van der Waals surface area contributed by atoms with Crippen LogP contribution in [0.15, 0.2) is 12.1 Å². The lowest BCUT2D eigenvalue weighted by Gasteiger charge is -2.30. The van der Waals surface area contributed by atoms with Gasteiger partial charge in [-0.15, -0.1) is 0 Å². The third-order valence-electron chi connectivity index (χ3n) is 4.89. The van der Waals surface area contributed by atoms with Crippen LogP contribution in [-0.2, 0) is 30.3 Å². The minimum atomic E-state index is -1.39. The molecule has 0 aliphatic rings. The standard InChI is InChI=1S/C23H35NO8/c1-8-31-19(25)11-13-24(21(26)23(3,4)22(27)32-9-2)12-10-16-14-17(28-5)20(30-7)18(15-16)29-6/h14-15H,8-13H2,1-7H3. The Kier molecular flexibility index (Phi) is 10.8. The predicted molar refractivity (Wildman–Crippen MR) is 118 cm³/mol. The number of hydrogen-bond donors (Lipinski definition) is 0. The molecule has 180 valence electrons.